The average molecular weight is 356 g/mol. The van der Waals surface area contributed by atoms with Gasteiger partial charge in [0, 0.05) is 37.8 Å². The van der Waals surface area contributed by atoms with Gasteiger partial charge in [0.25, 0.3) is 5.91 Å². The van der Waals surface area contributed by atoms with E-state index < -0.39 is 5.97 Å². The lowest BCUT2D eigenvalue weighted by Crippen LogP contribution is -2.49. The highest BCUT2D eigenvalue weighted by Gasteiger charge is 2.25. The van der Waals surface area contributed by atoms with E-state index in [2.05, 4.69) is 4.90 Å². The molecule has 0 aliphatic carbocycles. The van der Waals surface area contributed by atoms with Crippen molar-refractivity contribution in [1.82, 2.24) is 9.80 Å². The summed E-state index contributed by atoms with van der Waals surface area (Å²) in [4.78, 5) is 27.5. The third kappa shape index (κ3) is 3.91. The fraction of sp³-hybridized carbons (Fsp3) is 0.300. The highest BCUT2D eigenvalue weighted by Crippen LogP contribution is 2.22. The van der Waals surface area contributed by atoms with Crippen LogP contribution in [0, 0.1) is 5.82 Å². The van der Waals surface area contributed by atoms with E-state index >= 15 is 0 Å². The summed E-state index contributed by atoms with van der Waals surface area (Å²) in [6.07, 6.45) is 0. The van der Waals surface area contributed by atoms with Crippen LogP contribution >= 0.6 is 0 Å². The van der Waals surface area contributed by atoms with Gasteiger partial charge in [-0.05, 0) is 48.9 Å². The van der Waals surface area contributed by atoms with Crippen LogP contribution < -0.4 is 0 Å². The van der Waals surface area contributed by atoms with E-state index in [-0.39, 0.29) is 23.3 Å². The maximum absolute atomic E-state index is 13.4. The molecule has 1 heterocycles. The molecule has 1 amide bonds. The van der Waals surface area contributed by atoms with Gasteiger partial charge in [0.05, 0.1) is 5.56 Å². The van der Waals surface area contributed by atoms with Gasteiger partial charge in [0.15, 0.2) is 0 Å². The summed E-state index contributed by atoms with van der Waals surface area (Å²) >= 11 is 0. The van der Waals surface area contributed by atoms with Crippen molar-refractivity contribution >= 4 is 11.9 Å². The summed E-state index contributed by atoms with van der Waals surface area (Å²) in [6, 6.07) is 12.7. The zero-order valence-electron chi connectivity index (χ0n) is 14.6. The van der Waals surface area contributed by atoms with Crippen molar-refractivity contribution in [2.24, 2.45) is 0 Å². The molecule has 1 atom stereocenters. The predicted molar refractivity (Wildman–Crippen MR) is 95.7 cm³/mol. The topological polar surface area (TPSA) is 60.9 Å². The highest BCUT2D eigenvalue weighted by molar-refractivity contribution is 5.96. The van der Waals surface area contributed by atoms with E-state index in [1.807, 2.05) is 13.0 Å². The Morgan fingerprint density at radius 1 is 1.00 bits per heavy atom. The fourth-order valence-corrected chi connectivity index (χ4v) is 3.23. The van der Waals surface area contributed by atoms with Gasteiger partial charge in [-0.1, -0.05) is 12.1 Å². The van der Waals surface area contributed by atoms with Gasteiger partial charge in [-0.2, -0.15) is 0 Å². The van der Waals surface area contributed by atoms with E-state index in [9.17, 15) is 14.0 Å². The van der Waals surface area contributed by atoms with Crippen LogP contribution in [0.25, 0.3) is 0 Å². The normalized spacial score (nSPS) is 16.3. The SMILES string of the molecule is CC(c1cccc(F)c1)N1CCN(C(=O)c2ccc(C(=O)O)cc2)CC1. The summed E-state index contributed by atoms with van der Waals surface area (Å²) in [7, 11) is 0. The number of carboxylic acid groups (broad SMARTS) is 1. The number of carbonyl (C=O) groups is 2. The van der Waals surface area contributed by atoms with E-state index in [0.717, 1.165) is 5.56 Å². The highest BCUT2D eigenvalue weighted by atomic mass is 19.1. The summed E-state index contributed by atoms with van der Waals surface area (Å²) < 4.78 is 13.4. The Labute approximate surface area is 151 Å². The van der Waals surface area contributed by atoms with Gasteiger partial charge in [0.2, 0.25) is 0 Å². The standard InChI is InChI=1S/C20H21FN2O3/c1-14(17-3-2-4-18(21)13-17)22-9-11-23(12-10-22)19(24)15-5-7-16(8-6-15)20(25)26/h2-8,13-14H,9-12H2,1H3,(H,25,26). The van der Waals surface area contributed by atoms with Crippen LogP contribution in [0.2, 0.25) is 0 Å². The van der Waals surface area contributed by atoms with Crippen LogP contribution in [-0.4, -0.2) is 53.0 Å². The third-order valence-corrected chi connectivity index (χ3v) is 4.86. The molecule has 1 unspecified atom stereocenters. The van der Waals surface area contributed by atoms with Crippen LogP contribution in [0.4, 0.5) is 4.39 Å². The molecule has 6 heteroatoms. The first-order valence-corrected chi connectivity index (χ1v) is 8.58. The number of carboxylic acids is 1. The Hall–Kier alpha value is -2.73. The minimum atomic E-state index is -1.01. The van der Waals surface area contributed by atoms with Gasteiger partial charge >= 0.3 is 5.97 Å². The number of rotatable bonds is 4. The van der Waals surface area contributed by atoms with E-state index in [1.165, 1.54) is 18.2 Å². The van der Waals surface area contributed by atoms with Crippen molar-refractivity contribution in [3.8, 4) is 0 Å². The Kier molecular flexibility index (Phi) is 5.32. The number of benzene rings is 2. The Bertz CT molecular complexity index is 799. The number of hydrogen-bond donors (Lipinski definition) is 1. The number of carbonyl (C=O) groups excluding carboxylic acids is 1. The van der Waals surface area contributed by atoms with Crippen molar-refractivity contribution in [3.05, 3.63) is 71.0 Å². The molecule has 0 bridgehead atoms. The molecule has 2 aromatic rings. The van der Waals surface area contributed by atoms with Crippen molar-refractivity contribution in [2.75, 3.05) is 26.2 Å². The maximum Gasteiger partial charge on any atom is 0.335 e. The molecule has 2 aromatic carbocycles. The molecule has 0 spiro atoms. The van der Waals surface area contributed by atoms with Crippen molar-refractivity contribution in [3.63, 3.8) is 0 Å². The van der Waals surface area contributed by atoms with Crippen LogP contribution in [0.3, 0.4) is 0 Å². The van der Waals surface area contributed by atoms with Gasteiger partial charge in [-0.3, -0.25) is 9.69 Å². The number of amides is 1. The second-order valence-electron chi connectivity index (χ2n) is 6.44. The van der Waals surface area contributed by atoms with Gasteiger partial charge in [0.1, 0.15) is 5.82 Å². The number of halogens is 1. The quantitative estimate of drug-likeness (QED) is 0.915. The summed E-state index contributed by atoms with van der Waals surface area (Å²) in [6.45, 7) is 4.61. The van der Waals surface area contributed by atoms with E-state index in [0.29, 0.717) is 31.7 Å². The Morgan fingerprint density at radius 3 is 2.19 bits per heavy atom. The van der Waals surface area contributed by atoms with Crippen molar-refractivity contribution < 1.29 is 19.1 Å². The largest absolute Gasteiger partial charge is 0.478 e. The minimum Gasteiger partial charge on any atom is -0.478 e. The molecular formula is C20H21FN2O3. The first-order valence-electron chi connectivity index (χ1n) is 8.58. The zero-order valence-corrected chi connectivity index (χ0v) is 14.6. The van der Waals surface area contributed by atoms with E-state index in [4.69, 9.17) is 5.11 Å². The molecule has 136 valence electrons. The number of nitrogens with zero attached hydrogens (tertiary/aromatic N) is 2. The summed E-state index contributed by atoms with van der Waals surface area (Å²) in [5.41, 5.74) is 1.57. The lowest BCUT2D eigenvalue weighted by molar-refractivity contribution is 0.0580. The molecule has 0 radical (unpaired) electrons. The predicted octanol–water partition coefficient (Wildman–Crippen LogP) is 3.04. The molecule has 1 N–H and O–H groups in total. The van der Waals surface area contributed by atoms with Crippen LogP contribution in [0.15, 0.2) is 48.5 Å². The molecule has 1 fully saturated rings. The van der Waals surface area contributed by atoms with Crippen LogP contribution in [0.5, 0.6) is 0 Å². The first-order chi connectivity index (χ1) is 12.5. The van der Waals surface area contributed by atoms with Gasteiger partial charge < -0.3 is 10.0 Å². The molecule has 1 aliphatic heterocycles. The second-order valence-corrected chi connectivity index (χ2v) is 6.44. The third-order valence-electron chi connectivity index (χ3n) is 4.86. The zero-order chi connectivity index (χ0) is 18.7. The monoisotopic (exact) mass is 356 g/mol. The molecular weight excluding hydrogens is 335 g/mol. The summed E-state index contributed by atoms with van der Waals surface area (Å²) in [5.74, 6) is -1.35. The lowest BCUT2D eigenvalue weighted by Gasteiger charge is -2.38. The number of hydrogen-bond acceptors (Lipinski definition) is 3. The van der Waals surface area contributed by atoms with Crippen molar-refractivity contribution in [2.45, 2.75) is 13.0 Å². The number of piperazine rings is 1. The Morgan fingerprint density at radius 2 is 1.62 bits per heavy atom. The van der Waals surface area contributed by atoms with Crippen LogP contribution in [-0.2, 0) is 0 Å². The smallest absolute Gasteiger partial charge is 0.335 e. The minimum absolute atomic E-state index is 0.0813. The molecule has 1 aliphatic rings. The van der Waals surface area contributed by atoms with Crippen molar-refractivity contribution in [1.29, 1.82) is 0 Å². The second kappa shape index (κ2) is 7.66. The fourth-order valence-electron chi connectivity index (χ4n) is 3.23. The molecule has 3 rings (SSSR count). The molecule has 0 aromatic heterocycles. The first kappa shape index (κ1) is 18.1. The van der Waals surface area contributed by atoms with Gasteiger partial charge in [-0.15, -0.1) is 0 Å². The molecule has 5 nitrogen and oxygen atoms in total. The van der Waals surface area contributed by atoms with Crippen LogP contribution in [0.1, 0.15) is 39.2 Å². The Balaban J connectivity index is 1.61. The lowest BCUT2D eigenvalue weighted by atomic mass is 10.1. The summed E-state index contributed by atoms with van der Waals surface area (Å²) in [5, 5.41) is 8.93. The molecule has 1 saturated heterocycles. The van der Waals surface area contributed by atoms with E-state index in [1.54, 1.807) is 29.2 Å². The molecule has 0 saturated carbocycles. The number of aromatic carboxylic acids is 1. The maximum atomic E-state index is 13.4. The van der Waals surface area contributed by atoms with Gasteiger partial charge in [-0.25, -0.2) is 9.18 Å². The average Bonchev–Trinajstić information content (AvgIpc) is 2.67. The molecule has 26 heavy (non-hydrogen) atoms.